The van der Waals surface area contributed by atoms with Gasteiger partial charge in [-0.3, -0.25) is 4.79 Å². The van der Waals surface area contributed by atoms with E-state index in [4.69, 9.17) is 0 Å². The van der Waals surface area contributed by atoms with Gasteiger partial charge in [0.25, 0.3) is 5.91 Å². The molecule has 0 saturated heterocycles. The Morgan fingerprint density at radius 1 is 1.57 bits per heavy atom. The van der Waals surface area contributed by atoms with E-state index in [0.29, 0.717) is 17.2 Å². The van der Waals surface area contributed by atoms with Crippen molar-refractivity contribution in [2.24, 2.45) is 5.92 Å². The number of hydrogen-bond acceptors (Lipinski definition) is 4. The highest BCUT2D eigenvalue weighted by molar-refractivity contribution is 7.98. The Hall–Kier alpha value is -1.01. The van der Waals surface area contributed by atoms with Crippen LogP contribution in [0.4, 0.5) is 0 Å². The Balaban J connectivity index is 2.04. The van der Waals surface area contributed by atoms with Crippen molar-refractivity contribution >= 4 is 35.0 Å². The van der Waals surface area contributed by atoms with Gasteiger partial charge in [-0.05, 0) is 55.2 Å². The average molecular weight is 327 g/mol. The quantitative estimate of drug-likeness (QED) is 0.843. The summed E-state index contributed by atoms with van der Waals surface area (Å²) in [4.78, 5) is 25.4. The third-order valence-electron chi connectivity index (χ3n) is 3.77. The molecule has 4 nitrogen and oxygen atoms in total. The van der Waals surface area contributed by atoms with Gasteiger partial charge in [0.1, 0.15) is 6.04 Å². The fraction of sp³-hybridized carbons (Fsp3) is 0.600. The number of carboxylic acid groups (broad SMARTS) is 1. The molecule has 2 N–H and O–H groups in total. The standard InChI is InChI=1S/C15H21NO3S2/c1-9-3-4-12-10(7-9)8-13(21-12)14(17)16-11(15(18)19)5-6-20-2/h8-9,11H,3-7H2,1-2H3,(H,16,17)(H,18,19)/t9?,11-/m0/s1. The summed E-state index contributed by atoms with van der Waals surface area (Å²) < 4.78 is 0. The number of thioether (sulfide) groups is 1. The second kappa shape index (κ2) is 7.31. The topological polar surface area (TPSA) is 66.4 Å². The molecule has 0 spiro atoms. The van der Waals surface area contributed by atoms with Gasteiger partial charge in [0.05, 0.1) is 4.88 Å². The molecule has 1 aromatic heterocycles. The summed E-state index contributed by atoms with van der Waals surface area (Å²) in [5, 5.41) is 11.8. The lowest BCUT2D eigenvalue weighted by molar-refractivity contribution is -0.139. The molecule has 2 atom stereocenters. The molecule has 1 heterocycles. The first-order valence-electron chi connectivity index (χ1n) is 7.15. The highest BCUT2D eigenvalue weighted by atomic mass is 32.2. The summed E-state index contributed by atoms with van der Waals surface area (Å²) in [6.45, 7) is 2.23. The zero-order chi connectivity index (χ0) is 15.4. The van der Waals surface area contributed by atoms with E-state index in [1.807, 2.05) is 12.3 Å². The molecule has 2 rings (SSSR count). The van der Waals surface area contributed by atoms with Crippen molar-refractivity contribution in [3.05, 3.63) is 21.4 Å². The first-order chi connectivity index (χ1) is 10.0. The van der Waals surface area contributed by atoms with E-state index in [2.05, 4.69) is 12.2 Å². The van der Waals surface area contributed by atoms with Gasteiger partial charge in [-0.1, -0.05) is 6.92 Å². The summed E-state index contributed by atoms with van der Waals surface area (Å²) >= 11 is 3.09. The van der Waals surface area contributed by atoms with Crippen LogP contribution in [0.5, 0.6) is 0 Å². The van der Waals surface area contributed by atoms with Crippen LogP contribution in [0.1, 0.15) is 39.9 Å². The minimum absolute atomic E-state index is 0.254. The summed E-state index contributed by atoms with van der Waals surface area (Å²) in [5.74, 6) is 0.162. The second-order valence-corrected chi connectivity index (χ2v) is 7.68. The Labute approximate surface area is 133 Å². The highest BCUT2D eigenvalue weighted by Crippen LogP contribution is 2.32. The van der Waals surface area contributed by atoms with Crippen molar-refractivity contribution < 1.29 is 14.7 Å². The molecule has 116 valence electrons. The van der Waals surface area contributed by atoms with Crippen molar-refractivity contribution in [3.8, 4) is 0 Å². The lowest BCUT2D eigenvalue weighted by Gasteiger charge is -2.16. The number of nitrogens with one attached hydrogen (secondary N) is 1. The van der Waals surface area contributed by atoms with Crippen LogP contribution in [0.25, 0.3) is 0 Å². The maximum Gasteiger partial charge on any atom is 0.326 e. The van der Waals surface area contributed by atoms with E-state index in [0.717, 1.165) is 18.6 Å². The van der Waals surface area contributed by atoms with Gasteiger partial charge < -0.3 is 10.4 Å². The molecule has 0 fully saturated rings. The average Bonchev–Trinajstić information content (AvgIpc) is 2.85. The minimum atomic E-state index is -0.965. The number of hydrogen-bond donors (Lipinski definition) is 2. The lowest BCUT2D eigenvalue weighted by Crippen LogP contribution is -2.40. The van der Waals surface area contributed by atoms with Crippen molar-refractivity contribution in [2.45, 2.75) is 38.6 Å². The van der Waals surface area contributed by atoms with Gasteiger partial charge in [0.2, 0.25) is 0 Å². The van der Waals surface area contributed by atoms with Crippen LogP contribution in [-0.4, -0.2) is 35.0 Å². The summed E-state index contributed by atoms with van der Waals surface area (Å²) in [6, 6.07) is 1.14. The van der Waals surface area contributed by atoms with Crippen LogP contribution in [0, 0.1) is 5.92 Å². The van der Waals surface area contributed by atoms with E-state index < -0.39 is 12.0 Å². The third-order valence-corrected chi connectivity index (χ3v) is 5.65. The number of aliphatic carboxylic acids is 1. The van der Waals surface area contributed by atoms with Gasteiger partial charge in [0.15, 0.2) is 0 Å². The Kier molecular flexibility index (Phi) is 5.70. The zero-order valence-corrected chi connectivity index (χ0v) is 14.0. The van der Waals surface area contributed by atoms with Crippen LogP contribution in [0.3, 0.4) is 0 Å². The molecular weight excluding hydrogens is 306 g/mol. The molecule has 1 aromatic rings. The van der Waals surface area contributed by atoms with Crippen LogP contribution >= 0.6 is 23.1 Å². The molecule has 0 radical (unpaired) electrons. The molecule has 0 bridgehead atoms. The number of amides is 1. The van der Waals surface area contributed by atoms with E-state index in [1.54, 1.807) is 11.8 Å². The van der Waals surface area contributed by atoms with Crippen LogP contribution < -0.4 is 5.32 Å². The van der Waals surface area contributed by atoms with Gasteiger partial charge in [-0.25, -0.2) is 4.79 Å². The number of carbonyl (C=O) groups excluding carboxylic acids is 1. The molecule has 0 aromatic carbocycles. The predicted molar refractivity (Wildman–Crippen MR) is 87.4 cm³/mol. The lowest BCUT2D eigenvalue weighted by atomic mass is 9.90. The monoisotopic (exact) mass is 327 g/mol. The number of fused-ring (bicyclic) bond motifs is 1. The third kappa shape index (κ3) is 4.23. The summed E-state index contributed by atoms with van der Waals surface area (Å²) in [6.07, 6.45) is 5.59. The molecular formula is C15H21NO3S2. The van der Waals surface area contributed by atoms with E-state index in [9.17, 15) is 14.7 Å². The fourth-order valence-corrected chi connectivity index (χ4v) is 4.12. The van der Waals surface area contributed by atoms with Crippen LogP contribution in [0.2, 0.25) is 0 Å². The molecule has 1 unspecified atom stereocenters. The van der Waals surface area contributed by atoms with E-state index in [1.165, 1.54) is 28.2 Å². The maximum atomic E-state index is 12.3. The van der Waals surface area contributed by atoms with Crippen LogP contribution in [0.15, 0.2) is 6.07 Å². The molecule has 0 aliphatic heterocycles. The van der Waals surface area contributed by atoms with Gasteiger partial charge >= 0.3 is 5.97 Å². The molecule has 21 heavy (non-hydrogen) atoms. The Bertz CT molecular complexity index is 527. The van der Waals surface area contributed by atoms with Crippen molar-refractivity contribution in [1.29, 1.82) is 0 Å². The largest absolute Gasteiger partial charge is 0.480 e. The van der Waals surface area contributed by atoms with Crippen molar-refractivity contribution in [1.82, 2.24) is 5.32 Å². The van der Waals surface area contributed by atoms with Gasteiger partial charge in [-0.2, -0.15) is 11.8 Å². The van der Waals surface area contributed by atoms with Crippen molar-refractivity contribution in [3.63, 3.8) is 0 Å². The molecule has 1 amide bonds. The second-order valence-electron chi connectivity index (χ2n) is 5.55. The number of carboxylic acids is 1. The molecule has 6 heteroatoms. The summed E-state index contributed by atoms with van der Waals surface area (Å²) in [7, 11) is 0. The predicted octanol–water partition coefficient (Wildman–Crippen LogP) is 2.81. The minimum Gasteiger partial charge on any atom is -0.480 e. The first kappa shape index (κ1) is 16.4. The number of rotatable bonds is 6. The SMILES string of the molecule is CSCC[C@H](NC(=O)c1cc2c(s1)CCC(C)C2)C(=O)O. The molecule has 1 aliphatic carbocycles. The molecule has 0 saturated carbocycles. The maximum absolute atomic E-state index is 12.3. The highest BCUT2D eigenvalue weighted by Gasteiger charge is 2.24. The number of carbonyl (C=O) groups is 2. The Morgan fingerprint density at radius 2 is 2.33 bits per heavy atom. The number of thiophene rings is 1. The van der Waals surface area contributed by atoms with E-state index in [-0.39, 0.29) is 5.91 Å². The van der Waals surface area contributed by atoms with E-state index >= 15 is 0 Å². The Morgan fingerprint density at radius 3 is 3.00 bits per heavy atom. The fourth-order valence-electron chi connectivity index (χ4n) is 2.54. The number of aryl methyl sites for hydroxylation is 1. The van der Waals surface area contributed by atoms with Crippen molar-refractivity contribution in [2.75, 3.05) is 12.0 Å². The zero-order valence-electron chi connectivity index (χ0n) is 12.3. The van der Waals surface area contributed by atoms with Gasteiger partial charge in [-0.15, -0.1) is 11.3 Å². The van der Waals surface area contributed by atoms with Crippen LogP contribution in [-0.2, 0) is 17.6 Å². The molecule has 1 aliphatic rings. The first-order valence-corrected chi connectivity index (χ1v) is 9.36. The van der Waals surface area contributed by atoms with Gasteiger partial charge in [0, 0.05) is 4.88 Å². The smallest absolute Gasteiger partial charge is 0.326 e. The normalized spacial score (nSPS) is 18.9. The summed E-state index contributed by atoms with van der Waals surface area (Å²) in [5.41, 5.74) is 1.26.